The summed E-state index contributed by atoms with van der Waals surface area (Å²) in [6.07, 6.45) is 2.89. The van der Waals surface area contributed by atoms with Crippen LogP contribution in [0.25, 0.3) is 0 Å². The van der Waals surface area contributed by atoms with E-state index in [0.29, 0.717) is 38.4 Å². The summed E-state index contributed by atoms with van der Waals surface area (Å²) in [5, 5.41) is 2.74. The van der Waals surface area contributed by atoms with Gasteiger partial charge in [0.1, 0.15) is 10.7 Å². The van der Waals surface area contributed by atoms with Crippen LogP contribution in [-0.2, 0) is 19.6 Å². The lowest BCUT2D eigenvalue weighted by atomic mass is 10.1. The molecule has 0 N–H and O–H groups in total. The lowest BCUT2D eigenvalue weighted by Crippen LogP contribution is -2.48. The Morgan fingerprint density at radius 1 is 0.977 bits per heavy atom. The first-order chi connectivity index (χ1) is 21.0. The summed E-state index contributed by atoms with van der Waals surface area (Å²) in [5.41, 5.74) is 4.44. The van der Waals surface area contributed by atoms with Gasteiger partial charge in [-0.05, 0) is 54.8 Å². The van der Waals surface area contributed by atoms with Crippen molar-refractivity contribution in [3.8, 4) is 11.5 Å². The zero-order chi connectivity index (χ0) is 29.8. The van der Waals surface area contributed by atoms with E-state index < -0.39 is 0 Å². The van der Waals surface area contributed by atoms with Crippen LogP contribution in [0, 0.1) is 6.92 Å². The Balaban J connectivity index is 1.04. The highest BCUT2D eigenvalue weighted by Gasteiger charge is 2.25. The van der Waals surface area contributed by atoms with E-state index in [9.17, 15) is 9.59 Å². The lowest BCUT2D eigenvalue weighted by Gasteiger charge is -2.34. The summed E-state index contributed by atoms with van der Waals surface area (Å²) >= 11 is 1.50. The molecule has 2 aromatic carbocycles. The van der Waals surface area contributed by atoms with Crippen LogP contribution >= 0.6 is 11.3 Å². The Morgan fingerprint density at radius 2 is 1.79 bits per heavy atom. The minimum absolute atomic E-state index is 0.0177. The Labute approximate surface area is 256 Å². The van der Waals surface area contributed by atoms with E-state index in [-0.39, 0.29) is 18.6 Å². The van der Waals surface area contributed by atoms with E-state index in [2.05, 4.69) is 28.5 Å². The third-order valence-electron chi connectivity index (χ3n) is 8.01. The van der Waals surface area contributed by atoms with Crippen LogP contribution in [0.1, 0.15) is 56.0 Å². The number of fused-ring (bicyclic) bond motifs is 1. The number of aromatic nitrogens is 2. The SMILES string of the molecule is CCCN(Cc1cccn1Cc1nc(C(=O)N2CCN(Cc3ccc4c(c3)OCO4)CC2)cs1)C(=O)c1ccccc1C. The zero-order valence-electron chi connectivity index (χ0n) is 24.7. The number of ether oxygens (including phenoxy) is 2. The molecule has 0 bridgehead atoms. The minimum atomic E-state index is -0.0177. The summed E-state index contributed by atoms with van der Waals surface area (Å²) in [6.45, 7) is 9.84. The molecule has 1 fully saturated rings. The molecule has 2 aliphatic rings. The summed E-state index contributed by atoms with van der Waals surface area (Å²) in [6, 6.07) is 17.9. The quantitative estimate of drug-likeness (QED) is 0.254. The normalized spacial score (nSPS) is 14.7. The lowest BCUT2D eigenvalue weighted by molar-refractivity contribution is 0.0623. The Bertz CT molecular complexity index is 1590. The average Bonchev–Trinajstić information content (AvgIpc) is 3.79. The predicted octanol–water partition coefficient (Wildman–Crippen LogP) is 5.04. The Morgan fingerprint density at radius 3 is 2.60 bits per heavy atom. The number of hydrogen-bond donors (Lipinski definition) is 0. The summed E-state index contributed by atoms with van der Waals surface area (Å²) in [5.74, 6) is 1.62. The molecule has 4 heterocycles. The van der Waals surface area contributed by atoms with Crippen molar-refractivity contribution in [2.45, 2.75) is 39.9 Å². The predicted molar refractivity (Wildman–Crippen MR) is 166 cm³/mol. The molecular formula is C33H37N5O4S. The highest BCUT2D eigenvalue weighted by atomic mass is 32.1. The number of carbonyl (C=O) groups excluding carboxylic acids is 2. The number of hydrogen-bond acceptors (Lipinski definition) is 7. The minimum Gasteiger partial charge on any atom is -0.454 e. The molecule has 0 aliphatic carbocycles. The molecule has 224 valence electrons. The molecule has 2 amide bonds. The zero-order valence-corrected chi connectivity index (χ0v) is 25.5. The summed E-state index contributed by atoms with van der Waals surface area (Å²) in [7, 11) is 0. The van der Waals surface area contributed by atoms with E-state index in [1.807, 2.05) is 70.8 Å². The number of amides is 2. The van der Waals surface area contributed by atoms with Gasteiger partial charge in [0, 0.05) is 62.1 Å². The van der Waals surface area contributed by atoms with Crippen LogP contribution in [0.2, 0.25) is 0 Å². The van der Waals surface area contributed by atoms with Crippen molar-refractivity contribution in [3.05, 3.63) is 99.3 Å². The second kappa shape index (κ2) is 13.0. The molecule has 2 aromatic heterocycles. The second-order valence-electron chi connectivity index (χ2n) is 11.1. The molecule has 0 saturated carbocycles. The number of rotatable bonds is 10. The molecular weight excluding hydrogens is 562 g/mol. The maximum absolute atomic E-state index is 13.4. The van der Waals surface area contributed by atoms with Crippen LogP contribution in [0.4, 0.5) is 0 Å². The smallest absolute Gasteiger partial charge is 0.273 e. The number of thiazole rings is 1. The topological polar surface area (TPSA) is 80.1 Å². The van der Waals surface area contributed by atoms with Gasteiger partial charge < -0.3 is 23.8 Å². The summed E-state index contributed by atoms with van der Waals surface area (Å²) in [4.78, 5) is 37.6. The van der Waals surface area contributed by atoms with Crippen molar-refractivity contribution >= 4 is 23.2 Å². The Hall–Kier alpha value is -4.15. The van der Waals surface area contributed by atoms with Gasteiger partial charge in [-0.3, -0.25) is 14.5 Å². The van der Waals surface area contributed by atoms with E-state index in [4.69, 9.17) is 14.5 Å². The first-order valence-corrected chi connectivity index (χ1v) is 15.7. The fraction of sp³-hybridized carbons (Fsp3) is 0.364. The average molecular weight is 600 g/mol. The standard InChI is InChI=1S/C33H37N5O4S/c1-3-12-38(32(39)27-9-5-4-7-24(27)2)20-26-8-6-13-37(26)21-31-34-28(22-43-31)33(40)36-16-14-35(15-17-36)19-25-10-11-29-30(18-25)42-23-41-29/h4-11,13,18,22H,3,12,14-17,19-21,23H2,1-2H3. The van der Waals surface area contributed by atoms with Gasteiger partial charge in [0.2, 0.25) is 6.79 Å². The van der Waals surface area contributed by atoms with E-state index in [0.717, 1.165) is 59.4 Å². The molecule has 0 atom stereocenters. The third-order valence-corrected chi connectivity index (χ3v) is 8.85. The van der Waals surface area contributed by atoms with Gasteiger partial charge in [0.15, 0.2) is 11.5 Å². The molecule has 1 saturated heterocycles. The summed E-state index contributed by atoms with van der Waals surface area (Å²) < 4.78 is 13.0. The van der Waals surface area contributed by atoms with E-state index in [1.54, 1.807) is 0 Å². The molecule has 0 unspecified atom stereocenters. The van der Waals surface area contributed by atoms with Crippen molar-refractivity contribution in [3.63, 3.8) is 0 Å². The van der Waals surface area contributed by atoms with Crippen LogP contribution < -0.4 is 9.47 Å². The van der Waals surface area contributed by atoms with Crippen LogP contribution in [0.3, 0.4) is 0 Å². The van der Waals surface area contributed by atoms with Gasteiger partial charge in [-0.1, -0.05) is 31.2 Å². The van der Waals surface area contributed by atoms with Crippen LogP contribution in [-0.4, -0.2) is 75.6 Å². The number of piperazine rings is 1. The van der Waals surface area contributed by atoms with Gasteiger partial charge in [-0.15, -0.1) is 11.3 Å². The highest BCUT2D eigenvalue weighted by molar-refractivity contribution is 7.09. The van der Waals surface area contributed by atoms with Crippen molar-refractivity contribution < 1.29 is 19.1 Å². The molecule has 10 heteroatoms. The number of benzene rings is 2. The molecule has 0 radical (unpaired) electrons. The maximum Gasteiger partial charge on any atom is 0.273 e. The molecule has 0 spiro atoms. The van der Waals surface area contributed by atoms with Gasteiger partial charge in [0.25, 0.3) is 11.8 Å². The van der Waals surface area contributed by atoms with Crippen molar-refractivity contribution in [2.75, 3.05) is 39.5 Å². The first kappa shape index (κ1) is 28.9. The monoisotopic (exact) mass is 599 g/mol. The van der Waals surface area contributed by atoms with Gasteiger partial charge >= 0.3 is 0 Å². The number of carbonyl (C=O) groups is 2. The largest absolute Gasteiger partial charge is 0.454 e. The van der Waals surface area contributed by atoms with Crippen molar-refractivity contribution in [1.82, 2.24) is 24.3 Å². The highest BCUT2D eigenvalue weighted by Crippen LogP contribution is 2.33. The van der Waals surface area contributed by atoms with Crippen molar-refractivity contribution in [1.29, 1.82) is 0 Å². The fourth-order valence-corrected chi connectivity index (χ4v) is 6.41. The molecule has 9 nitrogen and oxygen atoms in total. The number of nitrogens with zero attached hydrogens (tertiary/aromatic N) is 5. The van der Waals surface area contributed by atoms with Gasteiger partial charge in [-0.2, -0.15) is 0 Å². The van der Waals surface area contributed by atoms with Gasteiger partial charge in [-0.25, -0.2) is 4.98 Å². The second-order valence-corrected chi connectivity index (χ2v) is 12.0. The third kappa shape index (κ3) is 6.60. The molecule has 4 aromatic rings. The van der Waals surface area contributed by atoms with E-state index >= 15 is 0 Å². The van der Waals surface area contributed by atoms with E-state index in [1.165, 1.54) is 16.9 Å². The van der Waals surface area contributed by atoms with Gasteiger partial charge in [0.05, 0.1) is 13.1 Å². The molecule has 43 heavy (non-hydrogen) atoms. The fourth-order valence-electron chi connectivity index (χ4n) is 5.64. The molecule has 2 aliphatic heterocycles. The first-order valence-electron chi connectivity index (χ1n) is 14.8. The maximum atomic E-state index is 13.4. The Kier molecular flexibility index (Phi) is 8.76. The number of aryl methyl sites for hydroxylation is 1. The van der Waals surface area contributed by atoms with Crippen LogP contribution in [0.5, 0.6) is 11.5 Å². The molecule has 6 rings (SSSR count). The van der Waals surface area contributed by atoms with Crippen molar-refractivity contribution in [2.24, 2.45) is 0 Å². The van der Waals surface area contributed by atoms with Crippen LogP contribution in [0.15, 0.2) is 66.2 Å².